The van der Waals surface area contributed by atoms with Crippen LogP contribution in [0.1, 0.15) is 12.8 Å². The van der Waals surface area contributed by atoms with Gasteiger partial charge in [0.2, 0.25) is 6.79 Å². The summed E-state index contributed by atoms with van der Waals surface area (Å²) in [6.07, 6.45) is 10.6. The van der Waals surface area contributed by atoms with Crippen LogP contribution >= 0.6 is 34.4 Å². The molecule has 0 N–H and O–H groups in total. The summed E-state index contributed by atoms with van der Waals surface area (Å²) in [4.78, 5) is 10.0. The van der Waals surface area contributed by atoms with E-state index in [-0.39, 0.29) is 6.79 Å². The van der Waals surface area contributed by atoms with Gasteiger partial charge in [-0.1, -0.05) is 11.8 Å². The molecule has 0 saturated heterocycles. The Morgan fingerprint density at radius 1 is 1.32 bits per heavy atom. The van der Waals surface area contributed by atoms with E-state index in [4.69, 9.17) is 20.9 Å². The van der Waals surface area contributed by atoms with Crippen molar-refractivity contribution in [1.29, 1.82) is 0 Å². The zero-order valence-electron chi connectivity index (χ0n) is 13.2. The molecule has 0 saturated carbocycles. The van der Waals surface area contributed by atoms with Gasteiger partial charge in [-0.05, 0) is 47.2 Å². The number of imidazole rings is 1. The normalized spacial score (nSPS) is 12.5. The number of aryl methyl sites for hydroxylation is 1. The molecule has 0 fully saturated rings. The minimum Gasteiger partial charge on any atom is -0.454 e. The first-order chi connectivity index (χ1) is 12.3. The summed E-state index contributed by atoms with van der Waals surface area (Å²) in [5.74, 6) is 4.27. The van der Waals surface area contributed by atoms with Crippen LogP contribution in [0.5, 0.6) is 11.5 Å². The van der Waals surface area contributed by atoms with Gasteiger partial charge in [-0.2, -0.15) is 0 Å². The molecular formula is C18H14IN3O2S. The van der Waals surface area contributed by atoms with Crippen LogP contribution in [0, 0.1) is 15.9 Å². The van der Waals surface area contributed by atoms with E-state index in [0.717, 1.165) is 55.5 Å². The topological polar surface area (TPSA) is 49.2 Å². The second kappa shape index (κ2) is 7.14. The van der Waals surface area contributed by atoms with Crippen molar-refractivity contribution in [2.75, 3.05) is 6.79 Å². The van der Waals surface area contributed by atoms with Crippen molar-refractivity contribution >= 4 is 45.4 Å². The smallest absolute Gasteiger partial charge is 0.231 e. The Morgan fingerprint density at radius 3 is 3.00 bits per heavy atom. The lowest BCUT2D eigenvalue weighted by molar-refractivity contribution is 0.174. The molecule has 0 unspecified atom stereocenters. The fraction of sp³-hybridized carbons (Fsp3) is 0.222. The molecular weight excluding hydrogens is 449 g/mol. The molecule has 1 aliphatic rings. The lowest BCUT2D eigenvalue weighted by atomic mass is 10.3. The largest absolute Gasteiger partial charge is 0.454 e. The molecule has 0 atom stereocenters. The molecule has 7 heteroatoms. The minimum absolute atomic E-state index is 0.274. The molecule has 1 aliphatic heterocycles. The summed E-state index contributed by atoms with van der Waals surface area (Å²) in [7, 11) is 0. The highest BCUT2D eigenvalue weighted by atomic mass is 127. The Hall–Kier alpha value is -1.92. The second-order valence-corrected chi connectivity index (χ2v) is 7.63. The molecule has 2 aromatic heterocycles. The number of hydrogen-bond donors (Lipinski definition) is 0. The number of nitrogens with zero attached hydrogens (tertiary/aromatic N) is 3. The first kappa shape index (κ1) is 16.5. The van der Waals surface area contributed by atoms with E-state index in [1.54, 1.807) is 24.2 Å². The Balaban J connectivity index is 1.71. The molecule has 1 aromatic carbocycles. The maximum absolute atomic E-state index is 5.50. The average Bonchev–Trinajstić information content (AvgIpc) is 3.20. The fourth-order valence-electron chi connectivity index (χ4n) is 2.67. The molecule has 126 valence electrons. The van der Waals surface area contributed by atoms with E-state index >= 15 is 0 Å². The predicted octanol–water partition coefficient (Wildman–Crippen LogP) is 4.33. The Morgan fingerprint density at radius 2 is 2.16 bits per heavy atom. The summed E-state index contributed by atoms with van der Waals surface area (Å²) in [5.41, 5.74) is 1.96. The summed E-state index contributed by atoms with van der Waals surface area (Å²) >= 11 is 3.93. The van der Waals surface area contributed by atoms with Gasteiger partial charge in [-0.15, -0.1) is 12.3 Å². The standard InChI is InChI=1S/C18H14IN3O2S/c1-2-3-4-7-22-14-5-6-20-10-13(14)21-18(22)25-17-9-16-15(8-12(17)19)23-11-24-16/h1,5-6,8-10H,3-4,7,11H2. The van der Waals surface area contributed by atoms with Crippen molar-refractivity contribution in [1.82, 2.24) is 14.5 Å². The molecule has 3 heterocycles. The number of rotatable bonds is 5. The molecule has 0 spiro atoms. The third-order valence-corrected chi connectivity index (χ3v) is 6.16. The molecule has 0 bridgehead atoms. The third kappa shape index (κ3) is 3.28. The monoisotopic (exact) mass is 463 g/mol. The van der Waals surface area contributed by atoms with Crippen LogP contribution in [0.25, 0.3) is 11.0 Å². The van der Waals surface area contributed by atoms with Crippen LogP contribution in [-0.2, 0) is 6.54 Å². The molecule has 0 amide bonds. The van der Waals surface area contributed by atoms with Crippen LogP contribution in [0.2, 0.25) is 0 Å². The molecule has 0 radical (unpaired) electrons. The number of fused-ring (bicyclic) bond motifs is 2. The number of hydrogen-bond acceptors (Lipinski definition) is 5. The highest BCUT2D eigenvalue weighted by Crippen LogP contribution is 2.41. The maximum atomic E-state index is 5.50. The van der Waals surface area contributed by atoms with Gasteiger partial charge in [0, 0.05) is 27.6 Å². The van der Waals surface area contributed by atoms with Gasteiger partial charge in [-0.3, -0.25) is 4.98 Å². The van der Waals surface area contributed by atoms with E-state index in [1.165, 1.54) is 0 Å². The molecule has 0 aliphatic carbocycles. The number of halogens is 1. The fourth-order valence-corrected chi connectivity index (χ4v) is 4.40. The maximum Gasteiger partial charge on any atom is 0.231 e. The van der Waals surface area contributed by atoms with Crippen molar-refractivity contribution in [3.8, 4) is 23.8 Å². The Labute approximate surface area is 163 Å². The molecule has 3 aromatic rings. The number of aromatic nitrogens is 3. The van der Waals surface area contributed by atoms with Crippen molar-refractivity contribution < 1.29 is 9.47 Å². The number of pyridine rings is 1. The summed E-state index contributed by atoms with van der Waals surface area (Å²) in [6.45, 7) is 1.10. The Kier molecular flexibility index (Phi) is 4.72. The van der Waals surface area contributed by atoms with Crippen LogP contribution in [-0.4, -0.2) is 21.3 Å². The molecule has 4 rings (SSSR count). The van der Waals surface area contributed by atoms with E-state index in [2.05, 4.69) is 38.1 Å². The highest BCUT2D eigenvalue weighted by molar-refractivity contribution is 14.1. The first-order valence-corrected chi connectivity index (χ1v) is 9.66. The van der Waals surface area contributed by atoms with Crippen LogP contribution in [0.15, 0.2) is 40.6 Å². The van der Waals surface area contributed by atoms with Gasteiger partial charge < -0.3 is 14.0 Å². The van der Waals surface area contributed by atoms with E-state index in [1.807, 2.05) is 18.2 Å². The number of unbranched alkanes of at least 4 members (excludes halogenated alkanes) is 1. The van der Waals surface area contributed by atoms with Gasteiger partial charge in [0.05, 0.1) is 11.7 Å². The average molecular weight is 463 g/mol. The van der Waals surface area contributed by atoms with E-state index in [0.29, 0.717) is 0 Å². The van der Waals surface area contributed by atoms with Gasteiger partial charge in [0.1, 0.15) is 5.52 Å². The van der Waals surface area contributed by atoms with Crippen molar-refractivity contribution in [3.63, 3.8) is 0 Å². The number of ether oxygens (including phenoxy) is 2. The quantitative estimate of drug-likeness (QED) is 0.320. The van der Waals surface area contributed by atoms with Crippen molar-refractivity contribution in [2.45, 2.75) is 29.4 Å². The van der Waals surface area contributed by atoms with E-state index < -0.39 is 0 Å². The van der Waals surface area contributed by atoms with Gasteiger partial charge >= 0.3 is 0 Å². The lowest BCUT2D eigenvalue weighted by Gasteiger charge is -2.09. The van der Waals surface area contributed by atoms with Crippen LogP contribution in [0.3, 0.4) is 0 Å². The van der Waals surface area contributed by atoms with Crippen molar-refractivity contribution in [2.24, 2.45) is 0 Å². The van der Waals surface area contributed by atoms with Crippen molar-refractivity contribution in [3.05, 3.63) is 34.2 Å². The summed E-state index contributed by atoms with van der Waals surface area (Å²) < 4.78 is 14.3. The van der Waals surface area contributed by atoms with Crippen LogP contribution < -0.4 is 9.47 Å². The second-order valence-electron chi connectivity index (χ2n) is 5.46. The SMILES string of the molecule is C#CCCCn1c(Sc2cc3c(cc2I)OCO3)nc2cnccc21. The zero-order chi connectivity index (χ0) is 17.2. The number of benzene rings is 1. The van der Waals surface area contributed by atoms with E-state index in [9.17, 15) is 0 Å². The number of terminal acetylenes is 1. The highest BCUT2D eigenvalue weighted by Gasteiger charge is 2.19. The van der Waals surface area contributed by atoms with Gasteiger partial charge in [-0.25, -0.2) is 4.98 Å². The minimum atomic E-state index is 0.274. The zero-order valence-corrected chi connectivity index (χ0v) is 16.2. The first-order valence-electron chi connectivity index (χ1n) is 7.77. The van der Waals surface area contributed by atoms with Gasteiger partial charge in [0.25, 0.3) is 0 Å². The molecule has 25 heavy (non-hydrogen) atoms. The predicted molar refractivity (Wildman–Crippen MR) is 105 cm³/mol. The van der Waals surface area contributed by atoms with Crippen LogP contribution in [0.4, 0.5) is 0 Å². The Bertz CT molecular complexity index is 980. The summed E-state index contributed by atoms with van der Waals surface area (Å²) in [6, 6.07) is 6.00. The lowest BCUT2D eigenvalue weighted by Crippen LogP contribution is -2.00. The summed E-state index contributed by atoms with van der Waals surface area (Å²) in [5, 5.41) is 0.928. The third-order valence-electron chi connectivity index (χ3n) is 3.85. The molecule has 5 nitrogen and oxygen atoms in total. The van der Waals surface area contributed by atoms with Gasteiger partial charge in [0.15, 0.2) is 16.7 Å².